The summed E-state index contributed by atoms with van der Waals surface area (Å²) in [6, 6.07) is 10.9. The van der Waals surface area contributed by atoms with E-state index in [-0.39, 0.29) is 4.90 Å². The maximum atomic E-state index is 12.0. The number of hydrogen-bond acceptors (Lipinski definition) is 5. The van der Waals surface area contributed by atoms with Crippen LogP contribution in [0.2, 0.25) is 0 Å². The third-order valence-corrected chi connectivity index (χ3v) is 4.18. The van der Waals surface area contributed by atoms with Crippen LogP contribution < -0.4 is 19.9 Å². The minimum atomic E-state index is -3.83. The molecule has 2 aromatic rings. The lowest BCUT2D eigenvalue weighted by Crippen LogP contribution is -2.13. The molecule has 0 bridgehead atoms. The maximum absolute atomic E-state index is 12.0. The van der Waals surface area contributed by atoms with Crippen LogP contribution in [-0.4, -0.2) is 28.5 Å². The number of anilines is 1. The quantitative estimate of drug-likeness (QED) is 0.764. The summed E-state index contributed by atoms with van der Waals surface area (Å²) in [5.74, 6) is 0.719. The van der Waals surface area contributed by atoms with Crippen molar-refractivity contribution in [1.82, 2.24) is 0 Å². The van der Waals surface area contributed by atoms with Gasteiger partial charge >= 0.3 is 0 Å². The number of sulfonamides is 1. The van der Waals surface area contributed by atoms with Crippen molar-refractivity contribution in [3.05, 3.63) is 54.1 Å². The molecule has 0 fully saturated rings. The van der Waals surface area contributed by atoms with Gasteiger partial charge in [0.1, 0.15) is 0 Å². The lowest BCUT2D eigenvalue weighted by molar-refractivity contribution is -0.111. The van der Waals surface area contributed by atoms with E-state index in [0.717, 1.165) is 5.56 Å². The Labute approximate surface area is 146 Å². The van der Waals surface area contributed by atoms with E-state index < -0.39 is 15.9 Å². The second-order valence-electron chi connectivity index (χ2n) is 5.01. The van der Waals surface area contributed by atoms with Crippen LogP contribution in [0.25, 0.3) is 6.08 Å². The SMILES string of the molecule is COc1ccc(/C=C/C(=O)Nc2cccc(S(N)(=O)=O)c2)cc1OC. The lowest BCUT2D eigenvalue weighted by Gasteiger charge is -2.07. The minimum absolute atomic E-state index is 0.0748. The zero-order valence-electron chi connectivity index (χ0n) is 13.7. The first kappa shape index (κ1) is 18.5. The second kappa shape index (κ2) is 7.82. The Morgan fingerprint density at radius 2 is 1.80 bits per heavy atom. The third-order valence-electron chi connectivity index (χ3n) is 3.26. The van der Waals surface area contributed by atoms with Gasteiger partial charge in [-0.1, -0.05) is 12.1 Å². The zero-order valence-corrected chi connectivity index (χ0v) is 14.5. The molecule has 0 aromatic heterocycles. The normalized spacial score (nSPS) is 11.3. The van der Waals surface area contributed by atoms with Crippen molar-refractivity contribution in [2.24, 2.45) is 5.14 Å². The fourth-order valence-corrected chi connectivity index (χ4v) is 2.62. The van der Waals surface area contributed by atoms with Crippen LogP contribution in [0, 0.1) is 0 Å². The van der Waals surface area contributed by atoms with Gasteiger partial charge in [-0.2, -0.15) is 0 Å². The van der Waals surface area contributed by atoms with Crippen molar-refractivity contribution >= 4 is 27.7 Å². The summed E-state index contributed by atoms with van der Waals surface area (Å²) in [6.07, 6.45) is 2.92. The molecule has 132 valence electrons. The molecule has 0 saturated carbocycles. The molecule has 1 amide bonds. The zero-order chi connectivity index (χ0) is 18.4. The molecule has 0 heterocycles. The van der Waals surface area contributed by atoms with Crippen molar-refractivity contribution in [3.63, 3.8) is 0 Å². The van der Waals surface area contributed by atoms with E-state index >= 15 is 0 Å². The molecule has 25 heavy (non-hydrogen) atoms. The Hall–Kier alpha value is -2.84. The van der Waals surface area contributed by atoms with Crippen LogP contribution in [0.3, 0.4) is 0 Å². The summed E-state index contributed by atoms with van der Waals surface area (Å²) < 4.78 is 33.0. The van der Waals surface area contributed by atoms with Gasteiger partial charge in [0.2, 0.25) is 15.9 Å². The van der Waals surface area contributed by atoms with Gasteiger partial charge in [-0.05, 0) is 42.0 Å². The Balaban J connectivity index is 2.11. The van der Waals surface area contributed by atoms with Crippen LogP contribution in [0.5, 0.6) is 11.5 Å². The summed E-state index contributed by atoms with van der Waals surface area (Å²) in [5.41, 5.74) is 1.07. The maximum Gasteiger partial charge on any atom is 0.248 e. The van der Waals surface area contributed by atoms with Crippen LogP contribution >= 0.6 is 0 Å². The number of primary sulfonamides is 1. The Morgan fingerprint density at radius 1 is 1.08 bits per heavy atom. The van der Waals surface area contributed by atoms with E-state index in [0.29, 0.717) is 17.2 Å². The van der Waals surface area contributed by atoms with E-state index in [9.17, 15) is 13.2 Å². The molecule has 0 atom stereocenters. The van der Waals surface area contributed by atoms with E-state index in [1.165, 1.54) is 38.5 Å². The number of carbonyl (C=O) groups is 1. The van der Waals surface area contributed by atoms with Gasteiger partial charge in [0, 0.05) is 11.8 Å². The van der Waals surface area contributed by atoms with E-state index in [2.05, 4.69) is 5.32 Å². The van der Waals surface area contributed by atoms with Crippen LogP contribution in [0.4, 0.5) is 5.69 Å². The molecule has 0 aliphatic heterocycles. The molecule has 0 unspecified atom stereocenters. The monoisotopic (exact) mass is 362 g/mol. The fourth-order valence-electron chi connectivity index (χ4n) is 2.06. The number of methoxy groups -OCH3 is 2. The number of ether oxygens (including phenoxy) is 2. The van der Waals surface area contributed by atoms with Crippen LogP contribution in [0.15, 0.2) is 53.4 Å². The molecular weight excluding hydrogens is 344 g/mol. The first-order chi connectivity index (χ1) is 11.8. The molecule has 3 N–H and O–H groups in total. The number of nitrogens with two attached hydrogens (primary N) is 1. The first-order valence-corrected chi connectivity index (χ1v) is 8.72. The van der Waals surface area contributed by atoms with Gasteiger partial charge in [-0.15, -0.1) is 0 Å². The molecule has 2 rings (SSSR count). The Kier molecular flexibility index (Phi) is 5.79. The molecule has 2 aromatic carbocycles. The van der Waals surface area contributed by atoms with Crippen molar-refractivity contribution in [1.29, 1.82) is 0 Å². The fraction of sp³-hybridized carbons (Fsp3) is 0.118. The molecule has 0 spiro atoms. The first-order valence-electron chi connectivity index (χ1n) is 7.17. The Bertz CT molecular complexity index is 907. The van der Waals surface area contributed by atoms with Gasteiger partial charge in [0.25, 0.3) is 0 Å². The van der Waals surface area contributed by atoms with Gasteiger partial charge in [0.05, 0.1) is 19.1 Å². The average Bonchev–Trinajstić information content (AvgIpc) is 2.59. The molecule has 8 heteroatoms. The van der Waals surface area contributed by atoms with Gasteiger partial charge in [-0.25, -0.2) is 13.6 Å². The highest BCUT2D eigenvalue weighted by Crippen LogP contribution is 2.28. The highest BCUT2D eigenvalue weighted by atomic mass is 32.2. The van der Waals surface area contributed by atoms with Crippen LogP contribution in [0.1, 0.15) is 5.56 Å². The standard InChI is InChI=1S/C17H18N2O5S/c1-23-15-8-6-12(10-16(15)24-2)7-9-17(20)19-13-4-3-5-14(11-13)25(18,21)22/h3-11H,1-2H3,(H,19,20)(H2,18,21,22)/b9-7+. The van der Waals surface area contributed by atoms with E-state index in [1.54, 1.807) is 30.3 Å². The number of nitrogens with one attached hydrogen (secondary N) is 1. The van der Waals surface area contributed by atoms with Gasteiger partial charge in [-0.3, -0.25) is 4.79 Å². The Morgan fingerprint density at radius 3 is 2.44 bits per heavy atom. The molecular formula is C17H18N2O5S. The summed E-state index contributed by atoms with van der Waals surface area (Å²) in [6.45, 7) is 0. The average molecular weight is 362 g/mol. The predicted octanol–water partition coefficient (Wildman–Crippen LogP) is 2.00. The van der Waals surface area contributed by atoms with Crippen LogP contribution in [-0.2, 0) is 14.8 Å². The summed E-state index contributed by atoms with van der Waals surface area (Å²) >= 11 is 0. The summed E-state index contributed by atoms with van der Waals surface area (Å²) in [4.78, 5) is 11.9. The summed E-state index contributed by atoms with van der Waals surface area (Å²) in [7, 11) is -0.763. The van der Waals surface area contributed by atoms with Gasteiger partial charge in [0.15, 0.2) is 11.5 Å². The van der Waals surface area contributed by atoms with Crippen molar-refractivity contribution < 1.29 is 22.7 Å². The number of rotatable bonds is 6. The number of carbonyl (C=O) groups excluding carboxylic acids is 1. The molecule has 0 aliphatic carbocycles. The number of hydrogen-bond donors (Lipinski definition) is 2. The van der Waals surface area contributed by atoms with Crippen molar-refractivity contribution in [2.75, 3.05) is 19.5 Å². The minimum Gasteiger partial charge on any atom is -0.493 e. The number of amides is 1. The molecule has 7 nitrogen and oxygen atoms in total. The highest BCUT2D eigenvalue weighted by molar-refractivity contribution is 7.89. The van der Waals surface area contributed by atoms with E-state index in [4.69, 9.17) is 14.6 Å². The molecule has 0 radical (unpaired) electrons. The van der Waals surface area contributed by atoms with E-state index in [1.807, 2.05) is 0 Å². The smallest absolute Gasteiger partial charge is 0.248 e. The third kappa shape index (κ3) is 5.07. The van der Waals surface area contributed by atoms with Crippen molar-refractivity contribution in [2.45, 2.75) is 4.90 Å². The largest absolute Gasteiger partial charge is 0.493 e. The predicted molar refractivity (Wildman–Crippen MR) is 95.0 cm³/mol. The topological polar surface area (TPSA) is 108 Å². The van der Waals surface area contributed by atoms with Gasteiger partial charge < -0.3 is 14.8 Å². The number of benzene rings is 2. The highest BCUT2D eigenvalue weighted by Gasteiger charge is 2.08. The lowest BCUT2D eigenvalue weighted by atomic mass is 10.2. The van der Waals surface area contributed by atoms with Crippen molar-refractivity contribution in [3.8, 4) is 11.5 Å². The second-order valence-corrected chi connectivity index (χ2v) is 6.57. The molecule has 0 saturated heterocycles. The molecule has 0 aliphatic rings. The summed E-state index contributed by atoms with van der Waals surface area (Å²) in [5, 5.41) is 7.64.